The largest absolute Gasteiger partial charge is 0.150 e. The van der Waals surface area contributed by atoms with Gasteiger partial charge in [-0.1, -0.05) is 35.5 Å². The van der Waals surface area contributed by atoms with Crippen LogP contribution in [0.15, 0.2) is 35.5 Å². The number of hydrogen-bond acceptors (Lipinski definition) is 2. The highest BCUT2D eigenvalue weighted by molar-refractivity contribution is 5.32. The standard InChI is InChI=1S/C10H11NO/c1-10(11-12)7-9(10)8-5-3-2-4-6-8/h2-6,9H,7H2,1H3. The van der Waals surface area contributed by atoms with Crippen LogP contribution in [0.1, 0.15) is 24.8 Å². The molecule has 0 spiro atoms. The van der Waals surface area contributed by atoms with Crippen LogP contribution in [0.5, 0.6) is 0 Å². The van der Waals surface area contributed by atoms with Crippen molar-refractivity contribution in [2.45, 2.75) is 24.8 Å². The molecule has 1 aliphatic carbocycles. The Labute approximate surface area is 71.6 Å². The molecule has 2 unspecified atom stereocenters. The van der Waals surface area contributed by atoms with Crippen molar-refractivity contribution in [3.05, 3.63) is 40.8 Å². The van der Waals surface area contributed by atoms with E-state index in [2.05, 4.69) is 17.3 Å². The predicted molar refractivity (Wildman–Crippen MR) is 48.0 cm³/mol. The average Bonchev–Trinajstić information content (AvgIpc) is 2.81. The van der Waals surface area contributed by atoms with Crippen molar-refractivity contribution >= 4 is 0 Å². The second-order valence-corrected chi connectivity index (χ2v) is 3.62. The average molecular weight is 161 g/mol. The van der Waals surface area contributed by atoms with Gasteiger partial charge in [0, 0.05) is 5.92 Å². The molecule has 2 heteroatoms. The summed E-state index contributed by atoms with van der Waals surface area (Å²) < 4.78 is 0. The number of hydrogen-bond donors (Lipinski definition) is 0. The highest BCUT2D eigenvalue weighted by Crippen LogP contribution is 2.53. The number of rotatable bonds is 2. The monoisotopic (exact) mass is 161 g/mol. The second kappa shape index (κ2) is 2.41. The molecule has 0 bridgehead atoms. The van der Waals surface area contributed by atoms with E-state index in [1.165, 1.54) is 5.56 Å². The molecule has 0 amide bonds. The third-order valence-corrected chi connectivity index (χ3v) is 2.62. The Morgan fingerprint density at radius 2 is 2.08 bits per heavy atom. The molecule has 0 saturated heterocycles. The van der Waals surface area contributed by atoms with E-state index in [0.717, 1.165) is 6.42 Å². The van der Waals surface area contributed by atoms with E-state index in [9.17, 15) is 4.91 Å². The van der Waals surface area contributed by atoms with Gasteiger partial charge in [0.25, 0.3) is 0 Å². The minimum Gasteiger partial charge on any atom is -0.150 e. The lowest BCUT2D eigenvalue weighted by atomic mass is 10.1. The lowest BCUT2D eigenvalue weighted by molar-refractivity contribution is 0.723. The summed E-state index contributed by atoms with van der Waals surface area (Å²) in [6, 6.07) is 10.1. The Kier molecular flexibility index (Phi) is 1.50. The summed E-state index contributed by atoms with van der Waals surface area (Å²) in [5.41, 5.74) is 0.918. The lowest BCUT2D eigenvalue weighted by Crippen LogP contribution is -1.98. The maximum Gasteiger partial charge on any atom is 0.107 e. The summed E-state index contributed by atoms with van der Waals surface area (Å²) in [5, 5.41) is 3.14. The van der Waals surface area contributed by atoms with E-state index < -0.39 is 0 Å². The van der Waals surface area contributed by atoms with Crippen LogP contribution in [-0.2, 0) is 0 Å². The van der Waals surface area contributed by atoms with Crippen LogP contribution in [0.3, 0.4) is 0 Å². The summed E-state index contributed by atoms with van der Waals surface area (Å²) in [6.45, 7) is 1.91. The zero-order chi connectivity index (χ0) is 8.60. The first-order valence-corrected chi connectivity index (χ1v) is 4.16. The van der Waals surface area contributed by atoms with Gasteiger partial charge in [-0.3, -0.25) is 0 Å². The normalized spacial score (nSPS) is 32.9. The molecule has 0 heterocycles. The molecular weight excluding hydrogens is 150 g/mol. The fourth-order valence-electron chi connectivity index (χ4n) is 1.62. The number of nitrogens with zero attached hydrogens (tertiary/aromatic N) is 1. The van der Waals surface area contributed by atoms with E-state index in [-0.39, 0.29) is 5.54 Å². The van der Waals surface area contributed by atoms with Crippen LogP contribution in [-0.4, -0.2) is 5.54 Å². The van der Waals surface area contributed by atoms with Gasteiger partial charge in [-0.25, -0.2) is 0 Å². The van der Waals surface area contributed by atoms with Gasteiger partial charge in [0.2, 0.25) is 0 Å². The van der Waals surface area contributed by atoms with Gasteiger partial charge in [-0.2, -0.15) is 4.91 Å². The molecule has 1 saturated carbocycles. The van der Waals surface area contributed by atoms with Gasteiger partial charge < -0.3 is 0 Å². The zero-order valence-electron chi connectivity index (χ0n) is 7.03. The zero-order valence-corrected chi connectivity index (χ0v) is 7.03. The third-order valence-electron chi connectivity index (χ3n) is 2.62. The summed E-state index contributed by atoms with van der Waals surface area (Å²) in [5.74, 6) is 0.358. The molecular formula is C10H11NO. The Bertz CT molecular complexity index is 296. The van der Waals surface area contributed by atoms with Crippen LogP contribution >= 0.6 is 0 Å². The summed E-state index contributed by atoms with van der Waals surface area (Å²) >= 11 is 0. The van der Waals surface area contributed by atoms with Gasteiger partial charge >= 0.3 is 0 Å². The van der Waals surface area contributed by atoms with Crippen LogP contribution in [0.25, 0.3) is 0 Å². The molecule has 0 aromatic heterocycles. The Hall–Kier alpha value is -1.18. The molecule has 1 aromatic rings. The van der Waals surface area contributed by atoms with Gasteiger partial charge in [-0.05, 0) is 18.9 Å². The first-order valence-electron chi connectivity index (χ1n) is 4.16. The van der Waals surface area contributed by atoms with E-state index in [4.69, 9.17) is 0 Å². The predicted octanol–water partition coefficient (Wildman–Crippen LogP) is 2.70. The second-order valence-electron chi connectivity index (χ2n) is 3.62. The molecule has 2 nitrogen and oxygen atoms in total. The van der Waals surface area contributed by atoms with Crippen molar-refractivity contribution < 1.29 is 0 Å². The van der Waals surface area contributed by atoms with Crippen LogP contribution in [0, 0.1) is 4.91 Å². The fraction of sp³-hybridized carbons (Fsp3) is 0.400. The SMILES string of the molecule is CC1(N=O)CC1c1ccccc1. The molecule has 2 rings (SSSR count). The van der Waals surface area contributed by atoms with E-state index in [1.54, 1.807) is 0 Å². The van der Waals surface area contributed by atoms with E-state index in [0.29, 0.717) is 5.92 Å². The minimum atomic E-state index is -0.318. The first kappa shape index (κ1) is 7.47. The van der Waals surface area contributed by atoms with Gasteiger partial charge in [0.05, 0.1) is 0 Å². The third kappa shape index (κ3) is 1.04. The highest BCUT2D eigenvalue weighted by Gasteiger charge is 2.52. The van der Waals surface area contributed by atoms with Crippen molar-refractivity contribution in [2.75, 3.05) is 0 Å². The topological polar surface area (TPSA) is 29.4 Å². The Morgan fingerprint density at radius 1 is 1.42 bits per heavy atom. The summed E-state index contributed by atoms with van der Waals surface area (Å²) in [7, 11) is 0. The van der Waals surface area contributed by atoms with Crippen LogP contribution < -0.4 is 0 Å². The lowest BCUT2D eigenvalue weighted by Gasteiger charge is -1.99. The first-order chi connectivity index (χ1) is 5.76. The molecule has 2 atom stereocenters. The van der Waals surface area contributed by atoms with E-state index in [1.807, 2.05) is 25.1 Å². The fourth-order valence-corrected chi connectivity index (χ4v) is 1.62. The van der Waals surface area contributed by atoms with E-state index >= 15 is 0 Å². The molecule has 12 heavy (non-hydrogen) atoms. The number of nitroso groups, excluding NO2 is 1. The minimum absolute atomic E-state index is 0.318. The van der Waals surface area contributed by atoms with Crippen molar-refractivity contribution in [1.82, 2.24) is 0 Å². The Balaban J connectivity index is 2.21. The molecule has 1 fully saturated rings. The molecule has 0 aliphatic heterocycles. The summed E-state index contributed by atoms with van der Waals surface area (Å²) in [4.78, 5) is 10.4. The summed E-state index contributed by atoms with van der Waals surface area (Å²) in [6.07, 6.45) is 0.903. The molecule has 0 N–H and O–H groups in total. The van der Waals surface area contributed by atoms with Gasteiger partial charge in [0.1, 0.15) is 5.54 Å². The van der Waals surface area contributed by atoms with Gasteiger partial charge in [-0.15, -0.1) is 0 Å². The van der Waals surface area contributed by atoms with Crippen molar-refractivity contribution in [3.63, 3.8) is 0 Å². The van der Waals surface area contributed by atoms with Crippen molar-refractivity contribution in [3.8, 4) is 0 Å². The molecule has 0 radical (unpaired) electrons. The Morgan fingerprint density at radius 3 is 2.58 bits per heavy atom. The van der Waals surface area contributed by atoms with Crippen LogP contribution in [0.4, 0.5) is 0 Å². The smallest absolute Gasteiger partial charge is 0.107 e. The maximum absolute atomic E-state index is 10.4. The molecule has 62 valence electrons. The van der Waals surface area contributed by atoms with Crippen molar-refractivity contribution in [1.29, 1.82) is 0 Å². The number of benzene rings is 1. The maximum atomic E-state index is 10.4. The van der Waals surface area contributed by atoms with Gasteiger partial charge in [0.15, 0.2) is 0 Å². The quantitative estimate of drug-likeness (QED) is 0.613. The molecule has 1 aromatic carbocycles. The molecule has 1 aliphatic rings. The highest BCUT2D eigenvalue weighted by atomic mass is 16.3. The van der Waals surface area contributed by atoms with Crippen LogP contribution in [0.2, 0.25) is 0 Å². The van der Waals surface area contributed by atoms with Crippen molar-refractivity contribution in [2.24, 2.45) is 5.18 Å².